The Labute approximate surface area is 121 Å². The predicted molar refractivity (Wildman–Crippen MR) is 79.8 cm³/mol. The van der Waals surface area contributed by atoms with Crippen LogP contribution in [0.2, 0.25) is 0 Å². The summed E-state index contributed by atoms with van der Waals surface area (Å²) in [6.45, 7) is 1.64. The van der Waals surface area contributed by atoms with E-state index >= 15 is 0 Å². The van der Waals surface area contributed by atoms with Gasteiger partial charge < -0.3 is 5.73 Å². The van der Waals surface area contributed by atoms with E-state index in [0.717, 1.165) is 29.9 Å². The summed E-state index contributed by atoms with van der Waals surface area (Å²) in [6, 6.07) is 7.00. The Morgan fingerprint density at radius 1 is 1.35 bits per heavy atom. The third kappa shape index (κ3) is 2.75. The number of hydrogen-bond acceptors (Lipinski definition) is 2. The summed E-state index contributed by atoms with van der Waals surface area (Å²) in [5.41, 5.74) is 6.94. The van der Waals surface area contributed by atoms with Gasteiger partial charge in [-0.2, -0.15) is 0 Å². The van der Waals surface area contributed by atoms with Crippen LogP contribution in [0.3, 0.4) is 0 Å². The maximum Gasteiger partial charge on any atom is 0.123 e. The van der Waals surface area contributed by atoms with Gasteiger partial charge in [0, 0.05) is 19.1 Å². The highest BCUT2D eigenvalue weighted by molar-refractivity contribution is 5.20. The Kier molecular flexibility index (Phi) is 4.08. The first-order chi connectivity index (χ1) is 9.67. The Balaban J connectivity index is 1.66. The molecule has 2 nitrogen and oxygen atoms in total. The van der Waals surface area contributed by atoms with Crippen molar-refractivity contribution in [1.29, 1.82) is 0 Å². The zero-order valence-electron chi connectivity index (χ0n) is 12.3. The van der Waals surface area contributed by atoms with Gasteiger partial charge in [-0.05, 0) is 61.8 Å². The van der Waals surface area contributed by atoms with Crippen LogP contribution in [0.15, 0.2) is 24.3 Å². The molecule has 0 radical (unpaired) electrons. The lowest BCUT2D eigenvalue weighted by molar-refractivity contribution is 0.176. The van der Waals surface area contributed by atoms with Crippen LogP contribution in [0.25, 0.3) is 0 Å². The second-order valence-electron chi connectivity index (χ2n) is 6.68. The fraction of sp³-hybridized carbons (Fsp3) is 0.647. The standard InChI is InChI=1S/C17H25FN2/c1-20(11-15-8-12-5-6-13(15)7-12)17(10-19)14-3-2-4-16(18)9-14/h2-4,9,12-13,15,17H,5-8,10-11,19H2,1H3. The molecule has 2 aliphatic carbocycles. The number of hydrogen-bond donors (Lipinski definition) is 1. The molecule has 3 rings (SSSR count). The largest absolute Gasteiger partial charge is 0.329 e. The number of benzene rings is 1. The minimum absolute atomic E-state index is 0.129. The van der Waals surface area contributed by atoms with Gasteiger partial charge in [0.05, 0.1) is 0 Å². The van der Waals surface area contributed by atoms with Gasteiger partial charge in [-0.25, -0.2) is 4.39 Å². The molecule has 1 aromatic carbocycles. The molecule has 4 unspecified atom stereocenters. The lowest BCUT2D eigenvalue weighted by atomic mass is 9.88. The maximum absolute atomic E-state index is 13.4. The smallest absolute Gasteiger partial charge is 0.123 e. The van der Waals surface area contributed by atoms with Gasteiger partial charge in [0.1, 0.15) is 5.82 Å². The summed E-state index contributed by atoms with van der Waals surface area (Å²) < 4.78 is 13.4. The molecule has 110 valence electrons. The summed E-state index contributed by atoms with van der Waals surface area (Å²) in [5, 5.41) is 0. The van der Waals surface area contributed by atoms with Crippen molar-refractivity contribution in [2.45, 2.75) is 31.7 Å². The number of rotatable bonds is 5. The monoisotopic (exact) mass is 276 g/mol. The summed E-state index contributed by atoms with van der Waals surface area (Å²) in [7, 11) is 2.13. The van der Waals surface area contributed by atoms with E-state index in [-0.39, 0.29) is 11.9 Å². The van der Waals surface area contributed by atoms with Gasteiger partial charge in [0.25, 0.3) is 0 Å². The van der Waals surface area contributed by atoms with Crippen molar-refractivity contribution in [3.05, 3.63) is 35.6 Å². The molecule has 0 spiro atoms. The van der Waals surface area contributed by atoms with Gasteiger partial charge in [-0.1, -0.05) is 18.6 Å². The topological polar surface area (TPSA) is 29.3 Å². The quantitative estimate of drug-likeness (QED) is 0.895. The average molecular weight is 276 g/mol. The SMILES string of the molecule is CN(CC1CC2CCC1C2)C(CN)c1cccc(F)c1. The van der Waals surface area contributed by atoms with E-state index in [0.29, 0.717) is 6.54 Å². The third-order valence-corrected chi connectivity index (χ3v) is 5.40. The molecule has 0 saturated heterocycles. The molecule has 0 heterocycles. The minimum atomic E-state index is -0.172. The fourth-order valence-corrected chi connectivity index (χ4v) is 4.38. The van der Waals surface area contributed by atoms with Crippen molar-refractivity contribution >= 4 is 0 Å². The molecule has 1 aromatic rings. The van der Waals surface area contributed by atoms with Crippen molar-refractivity contribution < 1.29 is 4.39 Å². The number of fused-ring (bicyclic) bond motifs is 2. The second kappa shape index (κ2) is 5.82. The van der Waals surface area contributed by atoms with Crippen molar-refractivity contribution in [1.82, 2.24) is 4.90 Å². The van der Waals surface area contributed by atoms with Crippen LogP contribution in [0, 0.1) is 23.6 Å². The van der Waals surface area contributed by atoms with E-state index in [1.165, 1.54) is 31.7 Å². The summed E-state index contributed by atoms with van der Waals surface area (Å²) >= 11 is 0. The van der Waals surface area contributed by atoms with Crippen LogP contribution in [-0.2, 0) is 0 Å². The molecule has 0 aliphatic heterocycles. The number of halogens is 1. The molecule has 3 heteroatoms. The van der Waals surface area contributed by atoms with Crippen molar-refractivity contribution in [3.8, 4) is 0 Å². The summed E-state index contributed by atoms with van der Waals surface area (Å²) in [4.78, 5) is 2.33. The normalized spacial score (nSPS) is 30.1. The first-order valence-electron chi connectivity index (χ1n) is 7.83. The first-order valence-corrected chi connectivity index (χ1v) is 7.83. The lowest BCUT2D eigenvalue weighted by Gasteiger charge is -2.32. The molecule has 20 heavy (non-hydrogen) atoms. The molecular formula is C17H25FN2. The Bertz CT molecular complexity index is 462. The zero-order chi connectivity index (χ0) is 14.1. The third-order valence-electron chi connectivity index (χ3n) is 5.40. The van der Waals surface area contributed by atoms with Crippen LogP contribution in [0.4, 0.5) is 4.39 Å². The highest BCUT2D eigenvalue weighted by Gasteiger charge is 2.40. The van der Waals surface area contributed by atoms with Gasteiger partial charge in [-0.3, -0.25) is 4.90 Å². The zero-order valence-corrected chi connectivity index (χ0v) is 12.3. The van der Waals surface area contributed by atoms with Gasteiger partial charge in [0.15, 0.2) is 0 Å². The van der Waals surface area contributed by atoms with E-state index < -0.39 is 0 Å². The van der Waals surface area contributed by atoms with E-state index in [2.05, 4.69) is 11.9 Å². The first kappa shape index (κ1) is 14.0. The van der Waals surface area contributed by atoms with E-state index in [1.807, 2.05) is 6.07 Å². The van der Waals surface area contributed by atoms with Gasteiger partial charge >= 0.3 is 0 Å². The maximum atomic E-state index is 13.4. The molecule has 2 saturated carbocycles. The number of likely N-dealkylation sites (N-methyl/N-ethyl adjacent to an activating group) is 1. The van der Waals surface area contributed by atoms with Crippen LogP contribution in [0.1, 0.15) is 37.3 Å². The molecular weight excluding hydrogens is 251 g/mol. The number of nitrogens with zero attached hydrogens (tertiary/aromatic N) is 1. The minimum Gasteiger partial charge on any atom is -0.329 e. The van der Waals surface area contributed by atoms with Gasteiger partial charge in [-0.15, -0.1) is 0 Å². The average Bonchev–Trinajstić information content (AvgIpc) is 3.02. The summed E-state index contributed by atoms with van der Waals surface area (Å²) in [5.74, 6) is 2.55. The molecule has 2 aliphatic rings. The van der Waals surface area contributed by atoms with Crippen molar-refractivity contribution in [3.63, 3.8) is 0 Å². The van der Waals surface area contributed by atoms with E-state index in [1.54, 1.807) is 12.1 Å². The predicted octanol–water partition coefficient (Wildman–Crippen LogP) is 3.19. The Morgan fingerprint density at radius 2 is 2.20 bits per heavy atom. The molecule has 0 amide bonds. The second-order valence-corrected chi connectivity index (χ2v) is 6.68. The van der Waals surface area contributed by atoms with Crippen LogP contribution in [-0.4, -0.2) is 25.0 Å². The molecule has 2 fully saturated rings. The number of nitrogens with two attached hydrogens (primary N) is 1. The lowest BCUT2D eigenvalue weighted by Crippen LogP contribution is -2.35. The van der Waals surface area contributed by atoms with Crippen LogP contribution < -0.4 is 5.73 Å². The highest BCUT2D eigenvalue weighted by Crippen LogP contribution is 2.48. The van der Waals surface area contributed by atoms with E-state index in [4.69, 9.17) is 5.73 Å². The molecule has 4 atom stereocenters. The molecule has 0 aromatic heterocycles. The molecule has 2 bridgehead atoms. The highest BCUT2D eigenvalue weighted by atomic mass is 19.1. The van der Waals surface area contributed by atoms with Crippen LogP contribution in [0.5, 0.6) is 0 Å². The van der Waals surface area contributed by atoms with Crippen molar-refractivity contribution in [2.75, 3.05) is 20.1 Å². The van der Waals surface area contributed by atoms with Crippen molar-refractivity contribution in [2.24, 2.45) is 23.5 Å². The Morgan fingerprint density at radius 3 is 2.80 bits per heavy atom. The summed E-state index contributed by atoms with van der Waals surface area (Å²) in [6.07, 6.45) is 5.67. The fourth-order valence-electron chi connectivity index (χ4n) is 4.38. The van der Waals surface area contributed by atoms with E-state index in [9.17, 15) is 4.39 Å². The van der Waals surface area contributed by atoms with Crippen LogP contribution >= 0.6 is 0 Å². The molecule has 2 N–H and O–H groups in total. The van der Waals surface area contributed by atoms with Gasteiger partial charge in [0.2, 0.25) is 0 Å². The Hall–Kier alpha value is -0.930.